The lowest BCUT2D eigenvalue weighted by Crippen LogP contribution is -2.29. The van der Waals surface area contributed by atoms with Gasteiger partial charge in [0.05, 0.1) is 6.04 Å². The predicted octanol–water partition coefficient (Wildman–Crippen LogP) is 1.23. The SMILES string of the molecule is C[C@H](NC(=O)CCc1ccccc1)c1nnc2n1CCNCC2. The van der Waals surface area contributed by atoms with Gasteiger partial charge in [0.2, 0.25) is 5.91 Å². The number of benzene rings is 1. The molecule has 1 amide bonds. The largest absolute Gasteiger partial charge is 0.346 e. The van der Waals surface area contributed by atoms with Gasteiger partial charge in [-0.25, -0.2) is 0 Å². The molecule has 6 nitrogen and oxygen atoms in total. The van der Waals surface area contributed by atoms with Crippen molar-refractivity contribution in [1.29, 1.82) is 0 Å². The molecule has 0 saturated carbocycles. The molecule has 6 heteroatoms. The molecule has 0 spiro atoms. The minimum Gasteiger partial charge on any atom is -0.346 e. The van der Waals surface area contributed by atoms with E-state index in [0.29, 0.717) is 6.42 Å². The van der Waals surface area contributed by atoms with Gasteiger partial charge in [0.1, 0.15) is 5.82 Å². The summed E-state index contributed by atoms with van der Waals surface area (Å²) in [5.41, 5.74) is 1.18. The Balaban J connectivity index is 1.57. The smallest absolute Gasteiger partial charge is 0.220 e. The number of nitrogens with zero attached hydrogens (tertiary/aromatic N) is 3. The summed E-state index contributed by atoms with van der Waals surface area (Å²) in [4.78, 5) is 12.2. The van der Waals surface area contributed by atoms with Gasteiger partial charge in [-0.1, -0.05) is 30.3 Å². The Kier molecular flexibility index (Phi) is 5.02. The second-order valence-electron chi connectivity index (χ2n) is 5.90. The lowest BCUT2D eigenvalue weighted by Gasteiger charge is -2.15. The van der Waals surface area contributed by atoms with Crippen LogP contribution in [-0.2, 0) is 24.2 Å². The summed E-state index contributed by atoms with van der Waals surface area (Å²) in [5, 5.41) is 14.9. The first-order chi connectivity index (χ1) is 11.2. The number of nitrogens with one attached hydrogen (secondary N) is 2. The molecular formula is C17H23N5O. The molecule has 1 aliphatic rings. The molecule has 3 rings (SSSR count). The zero-order valence-corrected chi connectivity index (χ0v) is 13.5. The molecular weight excluding hydrogens is 290 g/mol. The fourth-order valence-corrected chi connectivity index (χ4v) is 2.89. The van der Waals surface area contributed by atoms with Crippen molar-refractivity contribution in [2.75, 3.05) is 13.1 Å². The highest BCUT2D eigenvalue weighted by Crippen LogP contribution is 2.14. The van der Waals surface area contributed by atoms with Gasteiger partial charge in [-0.2, -0.15) is 0 Å². The highest BCUT2D eigenvalue weighted by molar-refractivity contribution is 5.76. The minimum absolute atomic E-state index is 0.0467. The van der Waals surface area contributed by atoms with E-state index in [-0.39, 0.29) is 11.9 Å². The Labute approximate surface area is 136 Å². The van der Waals surface area contributed by atoms with E-state index in [1.165, 1.54) is 5.56 Å². The van der Waals surface area contributed by atoms with E-state index in [1.807, 2.05) is 37.3 Å². The number of amides is 1. The maximum absolute atomic E-state index is 12.2. The summed E-state index contributed by atoms with van der Waals surface area (Å²) in [6, 6.07) is 9.93. The summed E-state index contributed by atoms with van der Waals surface area (Å²) in [7, 11) is 0. The first-order valence-corrected chi connectivity index (χ1v) is 8.20. The summed E-state index contributed by atoms with van der Waals surface area (Å²) >= 11 is 0. The van der Waals surface area contributed by atoms with E-state index in [0.717, 1.165) is 44.1 Å². The summed E-state index contributed by atoms with van der Waals surface area (Å²) in [5.74, 6) is 1.89. The van der Waals surface area contributed by atoms with Crippen molar-refractivity contribution in [2.24, 2.45) is 0 Å². The zero-order chi connectivity index (χ0) is 16.1. The van der Waals surface area contributed by atoms with Gasteiger partial charge in [-0.05, 0) is 18.9 Å². The van der Waals surface area contributed by atoms with E-state index in [4.69, 9.17) is 0 Å². The second-order valence-corrected chi connectivity index (χ2v) is 5.90. The van der Waals surface area contributed by atoms with Gasteiger partial charge in [-0.3, -0.25) is 4.79 Å². The third-order valence-corrected chi connectivity index (χ3v) is 4.14. The van der Waals surface area contributed by atoms with Crippen LogP contribution in [0.15, 0.2) is 30.3 Å². The van der Waals surface area contributed by atoms with Crippen molar-refractivity contribution < 1.29 is 4.79 Å². The molecule has 0 bridgehead atoms. The van der Waals surface area contributed by atoms with Crippen molar-refractivity contribution in [2.45, 2.75) is 38.8 Å². The number of carbonyl (C=O) groups excluding carboxylic acids is 1. The lowest BCUT2D eigenvalue weighted by molar-refractivity contribution is -0.121. The topological polar surface area (TPSA) is 71.8 Å². The normalized spacial score (nSPS) is 15.5. The fraction of sp³-hybridized carbons (Fsp3) is 0.471. The Hall–Kier alpha value is -2.21. The van der Waals surface area contributed by atoms with Gasteiger partial charge in [0.25, 0.3) is 0 Å². The van der Waals surface area contributed by atoms with Crippen LogP contribution in [0.5, 0.6) is 0 Å². The summed E-state index contributed by atoms with van der Waals surface area (Å²) < 4.78 is 2.13. The Bertz CT molecular complexity index is 652. The number of aromatic nitrogens is 3. The fourth-order valence-electron chi connectivity index (χ4n) is 2.89. The monoisotopic (exact) mass is 313 g/mol. The Morgan fingerprint density at radius 3 is 2.96 bits per heavy atom. The van der Waals surface area contributed by atoms with E-state index in [1.54, 1.807) is 0 Å². The van der Waals surface area contributed by atoms with Crippen LogP contribution in [0, 0.1) is 0 Å². The Morgan fingerprint density at radius 1 is 1.30 bits per heavy atom. The highest BCUT2D eigenvalue weighted by atomic mass is 16.1. The van der Waals surface area contributed by atoms with Crippen LogP contribution in [0.3, 0.4) is 0 Å². The number of aryl methyl sites for hydroxylation is 1. The van der Waals surface area contributed by atoms with Crippen molar-refractivity contribution in [3.05, 3.63) is 47.5 Å². The average Bonchev–Trinajstić information content (AvgIpc) is 2.83. The molecule has 2 N–H and O–H groups in total. The van der Waals surface area contributed by atoms with Crippen molar-refractivity contribution >= 4 is 5.91 Å². The molecule has 0 saturated heterocycles. The number of hydrogen-bond donors (Lipinski definition) is 2. The molecule has 0 aliphatic carbocycles. The van der Waals surface area contributed by atoms with Crippen molar-refractivity contribution in [3.63, 3.8) is 0 Å². The summed E-state index contributed by atoms with van der Waals surface area (Å²) in [6.07, 6.45) is 2.11. The van der Waals surface area contributed by atoms with Gasteiger partial charge >= 0.3 is 0 Å². The molecule has 122 valence electrons. The molecule has 1 aromatic carbocycles. The molecule has 1 aromatic heterocycles. The summed E-state index contributed by atoms with van der Waals surface area (Å²) in [6.45, 7) is 4.65. The van der Waals surface area contributed by atoms with Gasteiger partial charge in [0.15, 0.2) is 5.82 Å². The van der Waals surface area contributed by atoms with E-state index >= 15 is 0 Å². The predicted molar refractivity (Wildman–Crippen MR) is 87.9 cm³/mol. The standard InChI is InChI=1S/C17H23N5O/c1-13(17-21-20-15-9-10-18-11-12-22(15)17)19-16(23)8-7-14-5-3-2-4-6-14/h2-6,13,18H,7-12H2,1H3,(H,19,23)/t13-/m0/s1. The molecule has 2 heterocycles. The van der Waals surface area contributed by atoms with Crippen molar-refractivity contribution in [3.8, 4) is 0 Å². The maximum atomic E-state index is 12.2. The first-order valence-electron chi connectivity index (χ1n) is 8.20. The molecule has 23 heavy (non-hydrogen) atoms. The Morgan fingerprint density at radius 2 is 2.13 bits per heavy atom. The van der Waals surface area contributed by atoms with Gasteiger partial charge in [-0.15, -0.1) is 10.2 Å². The average molecular weight is 313 g/mol. The van der Waals surface area contributed by atoms with Crippen LogP contribution in [0.4, 0.5) is 0 Å². The van der Waals surface area contributed by atoms with Crippen LogP contribution < -0.4 is 10.6 Å². The number of hydrogen-bond acceptors (Lipinski definition) is 4. The maximum Gasteiger partial charge on any atom is 0.220 e. The first kappa shape index (κ1) is 15.7. The van der Waals surface area contributed by atoms with Crippen LogP contribution in [0.25, 0.3) is 0 Å². The minimum atomic E-state index is -0.127. The van der Waals surface area contributed by atoms with Gasteiger partial charge < -0.3 is 15.2 Å². The molecule has 1 aliphatic heterocycles. The lowest BCUT2D eigenvalue weighted by atomic mass is 10.1. The number of fused-ring (bicyclic) bond motifs is 1. The zero-order valence-electron chi connectivity index (χ0n) is 13.5. The van der Waals surface area contributed by atoms with Crippen LogP contribution >= 0.6 is 0 Å². The van der Waals surface area contributed by atoms with Crippen molar-refractivity contribution in [1.82, 2.24) is 25.4 Å². The highest BCUT2D eigenvalue weighted by Gasteiger charge is 2.20. The molecule has 0 radical (unpaired) electrons. The molecule has 2 aromatic rings. The number of carbonyl (C=O) groups is 1. The molecule has 0 fully saturated rings. The second kappa shape index (κ2) is 7.37. The van der Waals surface area contributed by atoms with Crippen LogP contribution in [-0.4, -0.2) is 33.8 Å². The molecule has 1 atom stereocenters. The van der Waals surface area contributed by atoms with Crippen LogP contribution in [0.1, 0.15) is 36.6 Å². The quantitative estimate of drug-likeness (QED) is 0.871. The van der Waals surface area contributed by atoms with Crippen LogP contribution in [0.2, 0.25) is 0 Å². The number of rotatable bonds is 5. The van der Waals surface area contributed by atoms with E-state index in [2.05, 4.69) is 25.4 Å². The third-order valence-electron chi connectivity index (χ3n) is 4.14. The van der Waals surface area contributed by atoms with E-state index < -0.39 is 0 Å². The van der Waals surface area contributed by atoms with Gasteiger partial charge in [0, 0.05) is 32.5 Å². The van der Waals surface area contributed by atoms with E-state index in [9.17, 15) is 4.79 Å². The third kappa shape index (κ3) is 3.96. The molecule has 0 unspecified atom stereocenters.